The molecule has 0 fully saturated rings. The first-order valence-corrected chi connectivity index (χ1v) is 4.96. The third kappa shape index (κ3) is 1.87. The Morgan fingerprint density at radius 1 is 1.50 bits per heavy atom. The van der Waals surface area contributed by atoms with Crippen LogP contribution in [0.1, 0.15) is 30.5 Å². The number of aryl methyl sites for hydroxylation is 1. The largest absolute Gasteiger partial charge is 0.324 e. The molecule has 0 aliphatic heterocycles. The first-order chi connectivity index (χ1) is 5.66. The molecule has 2 N–H and O–H groups in total. The van der Waals surface area contributed by atoms with Crippen LogP contribution in [0.2, 0.25) is 0 Å². The zero-order valence-electron chi connectivity index (χ0n) is 7.47. The molecule has 0 heterocycles. The highest BCUT2D eigenvalue weighted by atomic mass is 79.9. The summed E-state index contributed by atoms with van der Waals surface area (Å²) in [5, 5.41) is 0. The monoisotopic (exact) mass is 227 g/mol. The maximum atomic E-state index is 5.97. The van der Waals surface area contributed by atoms with E-state index in [1.807, 2.05) is 12.1 Å². The SMILES string of the molecule is CC[C@H](N)c1c(C)cccc1Br. The van der Waals surface area contributed by atoms with E-state index in [-0.39, 0.29) is 6.04 Å². The number of rotatable bonds is 2. The van der Waals surface area contributed by atoms with Crippen molar-refractivity contribution in [2.45, 2.75) is 26.3 Å². The van der Waals surface area contributed by atoms with Gasteiger partial charge in [0.2, 0.25) is 0 Å². The fraction of sp³-hybridized carbons (Fsp3) is 0.400. The van der Waals surface area contributed by atoms with Gasteiger partial charge in [-0.3, -0.25) is 0 Å². The Kier molecular flexibility index (Phi) is 3.29. The maximum absolute atomic E-state index is 5.97. The topological polar surface area (TPSA) is 26.0 Å². The number of nitrogens with two attached hydrogens (primary N) is 1. The molecule has 0 spiro atoms. The van der Waals surface area contributed by atoms with E-state index in [1.54, 1.807) is 0 Å². The minimum Gasteiger partial charge on any atom is -0.324 e. The van der Waals surface area contributed by atoms with Crippen LogP contribution < -0.4 is 5.73 Å². The predicted octanol–water partition coefficient (Wildman–Crippen LogP) is 3.17. The molecule has 1 rings (SSSR count). The fourth-order valence-electron chi connectivity index (χ4n) is 1.32. The van der Waals surface area contributed by atoms with Crippen LogP contribution in [0.25, 0.3) is 0 Å². The van der Waals surface area contributed by atoms with Gasteiger partial charge in [0.05, 0.1) is 0 Å². The van der Waals surface area contributed by atoms with Gasteiger partial charge in [0.25, 0.3) is 0 Å². The van der Waals surface area contributed by atoms with Crippen molar-refractivity contribution in [3.05, 3.63) is 33.8 Å². The van der Waals surface area contributed by atoms with Gasteiger partial charge in [-0.2, -0.15) is 0 Å². The normalized spacial score (nSPS) is 13.0. The molecule has 0 amide bonds. The van der Waals surface area contributed by atoms with Crippen LogP contribution in [0.3, 0.4) is 0 Å². The number of halogens is 1. The van der Waals surface area contributed by atoms with Gasteiger partial charge in [-0.25, -0.2) is 0 Å². The molecule has 0 radical (unpaired) electrons. The molecule has 1 aromatic carbocycles. The Morgan fingerprint density at radius 3 is 2.67 bits per heavy atom. The van der Waals surface area contributed by atoms with Crippen molar-refractivity contribution in [3.8, 4) is 0 Å². The zero-order valence-corrected chi connectivity index (χ0v) is 9.06. The summed E-state index contributed by atoms with van der Waals surface area (Å²) in [5.41, 5.74) is 8.46. The molecule has 12 heavy (non-hydrogen) atoms. The van der Waals surface area contributed by atoms with Crippen LogP contribution in [0.5, 0.6) is 0 Å². The van der Waals surface area contributed by atoms with E-state index in [0.717, 1.165) is 10.9 Å². The highest BCUT2D eigenvalue weighted by Crippen LogP contribution is 2.26. The van der Waals surface area contributed by atoms with E-state index in [2.05, 4.69) is 35.8 Å². The van der Waals surface area contributed by atoms with Gasteiger partial charge in [0.15, 0.2) is 0 Å². The van der Waals surface area contributed by atoms with E-state index in [1.165, 1.54) is 11.1 Å². The molecule has 66 valence electrons. The van der Waals surface area contributed by atoms with Crippen LogP contribution in [-0.4, -0.2) is 0 Å². The van der Waals surface area contributed by atoms with Crippen molar-refractivity contribution in [3.63, 3.8) is 0 Å². The zero-order chi connectivity index (χ0) is 9.14. The summed E-state index contributed by atoms with van der Waals surface area (Å²) in [6.07, 6.45) is 0.976. The Balaban J connectivity index is 3.12. The minimum absolute atomic E-state index is 0.153. The molecular weight excluding hydrogens is 214 g/mol. The molecule has 1 atom stereocenters. The third-order valence-electron chi connectivity index (χ3n) is 2.08. The van der Waals surface area contributed by atoms with Crippen LogP contribution in [-0.2, 0) is 0 Å². The molecule has 0 saturated heterocycles. The van der Waals surface area contributed by atoms with E-state index in [0.29, 0.717) is 0 Å². The molecule has 0 bridgehead atoms. The second-order valence-electron chi connectivity index (χ2n) is 2.99. The van der Waals surface area contributed by atoms with Crippen molar-refractivity contribution in [2.24, 2.45) is 5.73 Å². The summed E-state index contributed by atoms with van der Waals surface area (Å²) in [6, 6.07) is 6.32. The summed E-state index contributed by atoms with van der Waals surface area (Å²) in [4.78, 5) is 0. The molecule has 0 saturated carbocycles. The van der Waals surface area contributed by atoms with Gasteiger partial charge < -0.3 is 5.73 Å². The maximum Gasteiger partial charge on any atom is 0.0306 e. The van der Waals surface area contributed by atoms with Crippen molar-refractivity contribution in [2.75, 3.05) is 0 Å². The minimum atomic E-state index is 0.153. The van der Waals surface area contributed by atoms with Crippen molar-refractivity contribution in [1.82, 2.24) is 0 Å². The molecule has 0 aliphatic carbocycles. The quantitative estimate of drug-likeness (QED) is 0.826. The smallest absolute Gasteiger partial charge is 0.0306 e. The third-order valence-corrected chi connectivity index (χ3v) is 2.77. The number of benzene rings is 1. The molecule has 1 nitrogen and oxygen atoms in total. The first-order valence-electron chi connectivity index (χ1n) is 4.17. The van der Waals surface area contributed by atoms with E-state index in [9.17, 15) is 0 Å². The standard InChI is InChI=1S/C10H14BrN/c1-3-9(12)10-7(2)5-4-6-8(10)11/h4-6,9H,3,12H2,1-2H3/t9-/m0/s1. The van der Waals surface area contributed by atoms with Crippen LogP contribution in [0.4, 0.5) is 0 Å². The van der Waals surface area contributed by atoms with E-state index in [4.69, 9.17) is 5.73 Å². The van der Waals surface area contributed by atoms with Gasteiger partial charge in [-0.1, -0.05) is 35.0 Å². The number of hydrogen-bond acceptors (Lipinski definition) is 1. The second-order valence-corrected chi connectivity index (χ2v) is 3.84. The first kappa shape index (κ1) is 9.75. The van der Waals surface area contributed by atoms with Crippen molar-refractivity contribution < 1.29 is 0 Å². The average Bonchev–Trinajstić information content (AvgIpc) is 2.03. The summed E-state index contributed by atoms with van der Waals surface area (Å²) in [5.74, 6) is 0. The Morgan fingerprint density at radius 2 is 2.17 bits per heavy atom. The lowest BCUT2D eigenvalue weighted by Crippen LogP contribution is -2.10. The molecule has 2 heteroatoms. The van der Waals surface area contributed by atoms with Gasteiger partial charge in [0.1, 0.15) is 0 Å². The lowest BCUT2D eigenvalue weighted by atomic mass is 10.0. The highest BCUT2D eigenvalue weighted by molar-refractivity contribution is 9.10. The van der Waals surface area contributed by atoms with Crippen LogP contribution >= 0.6 is 15.9 Å². The van der Waals surface area contributed by atoms with Crippen molar-refractivity contribution >= 4 is 15.9 Å². The number of hydrogen-bond donors (Lipinski definition) is 1. The summed E-state index contributed by atoms with van der Waals surface area (Å²) in [6.45, 7) is 4.19. The average molecular weight is 228 g/mol. The Hall–Kier alpha value is -0.340. The van der Waals surface area contributed by atoms with E-state index >= 15 is 0 Å². The van der Waals surface area contributed by atoms with Crippen LogP contribution in [0.15, 0.2) is 22.7 Å². The molecule has 0 aliphatic rings. The van der Waals surface area contributed by atoms with E-state index < -0.39 is 0 Å². The van der Waals surface area contributed by atoms with Crippen molar-refractivity contribution in [1.29, 1.82) is 0 Å². The van der Waals surface area contributed by atoms with Crippen LogP contribution in [0, 0.1) is 6.92 Å². The summed E-state index contributed by atoms with van der Waals surface area (Å²) < 4.78 is 1.12. The molecule has 0 aromatic heterocycles. The molecule has 1 aromatic rings. The lowest BCUT2D eigenvalue weighted by Gasteiger charge is -2.14. The summed E-state index contributed by atoms with van der Waals surface area (Å²) >= 11 is 3.51. The molecule has 0 unspecified atom stereocenters. The lowest BCUT2D eigenvalue weighted by molar-refractivity contribution is 0.690. The Bertz CT molecular complexity index is 250. The predicted molar refractivity (Wildman–Crippen MR) is 56.1 cm³/mol. The second kappa shape index (κ2) is 4.06. The highest BCUT2D eigenvalue weighted by Gasteiger charge is 2.09. The summed E-state index contributed by atoms with van der Waals surface area (Å²) in [7, 11) is 0. The molecular formula is C10H14BrN. The van der Waals surface area contributed by atoms with Gasteiger partial charge in [-0.15, -0.1) is 0 Å². The fourth-order valence-corrected chi connectivity index (χ4v) is 2.08. The van der Waals surface area contributed by atoms with Gasteiger partial charge >= 0.3 is 0 Å². The van der Waals surface area contributed by atoms with Gasteiger partial charge in [0, 0.05) is 10.5 Å². The Labute approximate surface area is 82.1 Å². The van der Waals surface area contributed by atoms with Gasteiger partial charge in [-0.05, 0) is 30.5 Å².